The van der Waals surface area contributed by atoms with Crippen LogP contribution in [0.15, 0.2) is 30.4 Å². The summed E-state index contributed by atoms with van der Waals surface area (Å²) in [6.45, 7) is 2.04. The second-order valence-corrected chi connectivity index (χ2v) is 3.62. The van der Waals surface area contributed by atoms with Gasteiger partial charge in [0, 0.05) is 5.56 Å². The number of allylic oxidation sites excluding steroid dienone is 1. The zero-order chi connectivity index (χ0) is 11.5. The highest BCUT2D eigenvalue weighted by atomic mass is 16.5. The molecular weight excluding hydrogens is 204 g/mol. The summed E-state index contributed by atoms with van der Waals surface area (Å²) in [5, 5.41) is 0. The van der Waals surface area contributed by atoms with E-state index in [1.54, 1.807) is 19.2 Å². The zero-order valence-electron chi connectivity index (χ0n) is 9.40. The second kappa shape index (κ2) is 4.39. The first kappa shape index (κ1) is 10.7. The molecule has 0 saturated heterocycles. The highest BCUT2D eigenvalue weighted by molar-refractivity contribution is 5.94. The maximum atomic E-state index is 11.5. The summed E-state index contributed by atoms with van der Waals surface area (Å²) < 4.78 is 10.4. The van der Waals surface area contributed by atoms with E-state index < -0.39 is 0 Å². The lowest BCUT2D eigenvalue weighted by Gasteiger charge is -2.06. The molecule has 1 aliphatic heterocycles. The number of ether oxygens (including phenoxy) is 2. The Morgan fingerprint density at radius 2 is 2.31 bits per heavy atom. The van der Waals surface area contributed by atoms with Gasteiger partial charge in [-0.05, 0) is 30.7 Å². The molecule has 0 radical (unpaired) electrons. The van der Waals surface area contributed by atoms with Crippen LogP contribution in [-0.4, -0.2) is 13.1 Å². The maximum Gasteiger partial charge on any atom is 0.339 e. The summed E-state index contributed by atoms with van der Waals surface area (Å²) in [7, 11) is 1.61. The molecule has 1 aliphatic rings. The molecule has 0 fully saturated rings. The summed E-state index contributed by atoms with van der Waals surface area (Å²) in [5.41, 5.74) is 1.51. The van der Waals surface area contributed by atoms with Gasteiger partial charge in [0.25, 0.3) is 0 Å². The van der Waals surface area contributed by atoms with Crippen molar-refractivity contribution < 1.29 is 14.3 Å². The Hall–Kier alpha value is -1.77. The molecule has 1 heterocycles. The highest BCUT2D eigenvalue weighted by Gasteiger charge is 2.29. The van der Waals surface area contributed by atoms with Gasteiger partial charge in [-0.2, -0.15) is 0 Å². The van der Waals surface area contributed by atoms with Crippen molar-refractivity contribution in [3.63, 3.8) is 0 Å². The van der Waals surface area contributed by atoms with Gasteiger partial charge >= 0.3 is 5.97 Å². The SMILES string of the molecule is CC/C=C/C1OC(=O)c2ccc(OC)cc21. The molecule has 2 rings (SSSR count). The summed E-state index contributed by atoms with van der Waals surface area (Å²) in [5.74, 6) is 0.482. The molecule has 16 heavy (non-hydrogen) atoms. The predicted octanol–water partition coefficient (Wildman–Crippen LogP) is 2.87. The van der Waals surface area contributed by atoms with E-state index in [0.717, 1.165) is 17.7 Å². The van der Waals surface area contributed by atoms with E-state index in [1.165, 1.54) is 0 Å². The summed E-state index contributed by atoms with van der Waals surface area (Å²) >= 11 is 0. The number of cyclic esters (lactones) is 1. The Bertz CT molecular complexity index is 435. The molecule has 0 aromatic heterocycles. The minimum absolute atomic E-state index is 0.261. The first-order valence-corrected chi connectivity index (χ1v) is 5.32. The summed E-state index contributed by atoms with van der Waals surface area (Å²) in [6, 6.07) is 5.37. The monoisotopic (exact) mass is 218 g/mol. The molecule has 0 saturated carbocycles. The van der Waals surface area contributed by atoms with Crippen LogP contribution in [0.5, 0.6) is 5.75 Å². The number of methoxy groups -OCH3 is 1. The molecule has 1 aromatic carbocycles. The smallest absolute Gasteiger partial charge is 0.339 e. The number of carbonyl (C=O) groups excluding carboxylic acids is 1. The average molecular weight is 218 g/mol. The van der Waals surface area contributed by atoms with Gasteiger partial charge in [0.1, 0.15) is 11.9 Å². The predicted molar refractivity (Wildman–Crippen MR) is 60.6 cm³/mol. The van der Waals surface area contributed by atoms with Crippen molar-refractivity contribution >= 4 is 5.97 Å². The number of esters is 1. The quantitative estimate of drug-likeness (QED) is 0.578. The van der Waals surface area contributed by atoms with Crippen molar-refractivity contribution in [1.82, 2.24) is 0 Å². The van der Waals surface area contributed by atoms with Gasteiger partial charge in [-0.3, -0.25) is 0 Å². The van der Waals surface area contributed by atoms with Gasteiger partial charge in [-0.15, -0.1) is 0 Å². The third kappa shape index (κ3) is 1.81. The van der Waals surface area contributed by atoms with E-state index in [9.17, 15) is 4.79 Å². The molecule has 1 aromatic rings. The largest absolute Gasteiger partial charge is 0.497 e. The van der Waals surface area contributed by atoms with Gasteiger partial charge in [0.2, 0.25) is 0 Å². The first-order chi connectivity index (χ1) is 7.76. The summed E-state index contributed by atoms with van der Waals surface area (Å²) in [6.07, 6.45) is 4.56. The number of fused-ring (bicyclic) bond motifs is 1. The number of hydrogen-bond donors (Lipinski definition) is 0. The standard InChI is InChI=1S/C13H14O3/c1-3-4-5-12-11-8-9(15-2)6-7-10(11)13(14)16-12/h4-8,12H,3H2,1-2H3/b5-4+. The van der Waals surface area contributed by atoms with Crippen LogP contribution in [-0.2, 0) is 4.74 Å². The third-order valence-electron chi connectivity index (χ3n) is 2.57. The minimum Gasteiger partial charge on any atom is -0.497 e. The van der Waals surface area contributed by atoms with Crippen LogP contribution in [0.4, 0.5) is 0 Å². The Labute approximate surface area is 94.7 Å². The lowest BCUT2D eigenvalue weighted by Crippen LogP contribution is -1.95. The lowest BCUT2D eigenvalue weighted by molar-refractivity contribution is 0.0467. The van der Waals surface area contributed by atoms with Crippen molar-refractivity contribution in [3.8, 4) is 5.75 Å². The number of rotatable bonds is 3. The van der Waals surface area contributed by atoms with Crippen molar-refractivity contribution in [2.45, 2.75) is 19.4 Å². The zero-order valence-corrected chi connectivity index (χ0v) is 9.40. The molecule has 0 aliphatic carbocycles. The molecule has 1 unspecified atom stereocenters. The average Bonchev–Trinajstić information content (AvgIpc) is 2.63. The molecule has 0 amide bonds. The van der Waals surface area contributed by atoms with Crippen molar-refractivity contribution in [3.05, 3.63) is 41.5 Å². The van der Waals surface area contributed by atoms with Gasteiger partial charge < -0.3 is 9.47 Å². The first-order valence-electron chi connectivity index (χ1n) is 5.32. The van der Waals surface area contributed by atoms with E-state index in [4.69, 9.17) is 9.47 Å². The van der Waals surface area contributed by atoms with Crippen molar-refractivity contribution in [2.24, 2.45) is 0 Å². The molecular formula is C13H14O3. The fourth-order valence-corrected chi connectivity index (χ4v) is 1.73. The highest BCUT2D eigenvalue weighted by Crippen LogP contribution is 2.34. The molecule has 1 atom stereocenters. The van der Waals surface area contributed by atoms with Crippen LogP contribution in [0.1, 0.15) is 35.4 Å². The Morgan fingerprint density at radius 3 is 3.00 bits per heavy atom. The van der Waals surface area contributed by atoms with Crippen LogP contribution in [0.3, 0.4) is 0 Å². The topological polar surface area (TPSA) is 35.5 Å². The van der Waals surface area contributed by atoms with E-state index in [0.29, 0.717) is 5.56 Å². The molecule has 3 nitrogen and oxygen atoms in total. The fourth-order valence-electron chi connectivity index (χ4n) is 1.73. The lowest BCUT2D eigenvalue weighted by atomic mass is 10.0. The van der Waals surface area contributed by atoms with Crippen LogP contribution in [0.2, 0.25) is 0 Å². The third-order valence-corrected chi connectivity index (χ3v) is 2.57. The number of carbonyl (C=O) groups is 1. The van der Waals surface area contributed by atoms with Crippen LogP contribution in [0.25, 0.3) is 0 Å². The second-order valence-electron chi connectivity index (χ2n) is 3.62. The molecule has 0 bridgehead atoms. The van der Waals surface area contributed by atoms with E-state index in [1.807, 2.05) is 25.1 Å². The Morgan fingerprint density at radius 1 is 1.50 bits per heavy atom. The van der Waals surface area contributed by atoms with Gasteiger partial charge in [0.15, 0.2) is 0 Å². The fraction of sp³-hybridized carbons (Fsp3) is 0.308. The van der Waals surface area contributed by atoms with E-state index in [2.05, 4.69) is 0 Å². The van der Waals surface area contributed by atoms with Gasteiger partial charge in [0.05, 0.1) is 12.7 Å². The van der Waals surface area contributed by atoms with E-state index >= 15 is 0 Å². The molecule has 0 N–H and O–H groups in total. The Balaban J connectivity index is 2.38. The van der Waals surface area contributed by atoms with Gasteiger partial charge in [-0.1, -0.05) is 13.0 Å². The van der Waals surface area contributed by atoms with Crippen molar-refractivity contribution in [2.75, 3.05) is 7.11 Å². The van der Waals surface area contributed by atoms with Crippen LogP contribution in [0, 0.1) is 0 Å². The van der Waals surface area contributed by atoms with Gasteiger partial charge in [-0.25, -0.2) is 4.79 Å². The van der Waals surface area contributed by atoms with Crippen LogP contribution >= 0.6 is 0 Å². The Kier molecular flexibility index (Phi) is 2.95. The van der Waals surface area contributed by atoms with Crippen LogP contribution < -0.4 is 4.74 Å². The maximum absolute atomic E-state index is 11.5. The normalized spacial score (nSPS) is 18.6. The molecule has 3 heteroatoms. The number of benzene rings is 1. The summed E-state index contributed by atoms with van der Waals surface area (Å²) in [4.78, 5) is 11.5. The van der Waals surface area contributed by atoms with Crippen molar-refractivity contribution in [1.29, 1.82) is 0 Å². The molecule has 84 valence electrons. The number of hydrogen-bond acceptors (Lipinski definition) is 3. The molecule has 0 spiro atoms. The van der Waals surface area contributed by atoms with E-state index in [-0.39, 0.29) is 12.1 Å². The minimum atomic E-state index is -0.266.